The predicted octanol–water partition coefficient (Wildman–Crippen LogP) is 8.99. The van der Waals surface area contributed by atoms with Gasteiger partial charge >= 0.3 is 11.9 Å². The molecule has 0 radical (unpaired) electrons. The van der Waals surface area contributed by atoms with Crippen molar-refractivity contribution in [1.29, 1.82) is 0 Å². The topological polar surface area (TPSA) is 63.6 Å². The van der Waals surface area contributed by atoms with Crippen LogP contribution >= 0.6 is 0 Å². The monoisotopic (exact) mass is 454 g/mol. The average Bonchev–Trinajstić information content (AvgIpc) is 2.76. The minimum atomic E-state index is -0.779. The molecule has 0 spiro atoms. The molecule has 0 rings (SSSR count). The lowest BCUT2D eigenvalue weighted by Crippen LogP contribution is -2.18. The van der Waals surface area contributed by atoms with E-state index in [-0.39, 0.29) is 18.5 Å². The van der Waals surface area contributed by atoms with Crippen LogP contribution in [0.3, 0.4) is 0 Å². The number of carbonyl (C=O) groups excluding carboxylic acids is 1. The van der Waals surface area contributed by atoms with Gasteiger partial charge in [0.25, 0.3) is 0 Å². The van der Waals surface area contributed by atoms with Gasteiger partial charge < -0.3 is 9.84 Å². The van der Waals surface area contributed by atoms with Gasteiger partial charge in [-0.1, -0.05) is 123 Å². The molecule has 0 aromatic heterocycles. The molecular weight excluding hydrogens is 400 g/mol. The highest BCUT2D eigenvalue weighted by Crippen LogP contribution is 2.16. The molecule has 0 aromatic rings. The van der Waals surface area contributed by atoms with Crippen molar-refractivity contribution >= 4 is 11.9 Å². The minimum Gasteiger partial charge on any atom is -0.481 e. The van der Waals surface area contributed by atoms with Gasteiger partial charge in [-0.05, 0) is 25.7 Å². The Hall–Kier alpha value is -1.06. The number of carbonyl (C=O) groups is 2. The van der Waals surface area contributed by atoms with Crippen LogP contribution in [0.2, 0.25) is 0 Å². The number of hydrogen-bond donors (Lipinski definition) is 1. The third-order valence-electron chi connectivity index (χ3n) is 6.33. The Morgan fingerprint density at radius 3 is 1.41 bits per heavy atom. The molecule has 32 heavy (non-hydrogen) atoms. The maximum absolute atomic E-state index is 12.1. The Kier molecular flexibility index (Phi) is 23.8. The van der Waals surface area contributed by atoms with E-state index in [0.29, 0.717) is 19.3 Å². The molecule has 0 aromatic carbocycles. The van der Waals surface area contributed by atoms with E-state index < -0.39 is 5.97 Å². The Bertz CT molecular complexity index is 422. The highest BCUT2D eigenvalue weighted by atomic mass is 16.5. The normalized spacial score (nSPS) is 12.1. The van der Waals surface area contributed by atoms with Crippen LogP contribution in [0.15, 0.2) is 0 Å². The fraction of sp³-hybridized carbons (Fsp3) is 0.929. The van der Waals surface area contributed by atoms with Crippen molar-refractivity contribution in [2.45, 2.75) is 168 Å². The minimum absolute atomic E-state index is 0.105. The Balaban J connectivity index is 3.50. The molecule has 0 fully saturated rings. The fourth-order valence-electron chi connectivity index (χ4n) is 4.24. The molecule has 0 aliphatic rings. The van der Waals surface area contributed by atoms with Crippen LogP contribution in [0.1, 0.15) is 162 Å². The molecule has 190 valence electrons. The van der Waals surface area contributed by atoms with E-state index in [2.05, 4.69) is 13.8 Å². The highest BCUT2D eigenvalue weighted by molar-refractivity contribution is 5.69. The highest BCUT2D eigenvalue weighted by Gasteiger charge is 2.14. The van der Waals surface area contributed by atoms with Gasteiger partial charge in [0.1, 0.15) is 6.10 Å². The van der Waals surface area contributed by atoms with Gasteiger partial charge in [0.15, 0.2) is 0 Å². The van der Waals surface area contributed by atoms with Gasteiger partial charge in [-0.15, -0.1) is 0 Å². The number of ether oxygens (including phenoxy) is 1. The lowest BCUT2D eigenvalue weighted by atomic mass is 10.0. The first-order valence-corrected chi connectivity index (χ1v) is 14.0. The second kappa shape index (κ2) is 24.6. The molecule has 0 heterocycles. The first-order valence-electron chi connectivity index (χ1n) is 14.0. The van der Waals surface area contributed by atoms with Gasteiger partial charge in [-0.3, -0.25) is 9.59 Å². The molecule has 4 nitrogen and oxygen atoms in total. The molecule has 1 N–H and O–H groups in total. The number of rotatable bonds is 25. The number of hydrogen-bond acceptors (Lipinski definition) is 3. The number of aliphatic carboxylic acids is 1. The van der Waals surface area contributed by atoms with Crippen LogP contribution in [0.4, 0.5) is 0 Å². The van der Waals surface area contributed by atoms with Crippen molar-refractivity contribution in [2.24, 2.45) is 0 Å². The predicted molar refractivity (Wildman–Crippen MR) is 135 cm³/mol. The second-order valence-corrected chi connectivity index (χ2v) is 9.59. The summed E-state index contributed by atoms with van der Waals surface area (Å²) in [5.41, 5.74) is 0. The van der Waals surface area contributed by atoms with Crippen LogP contribution in [-0.4, -0.2) is 23.1 Å². The molecule has 0 aliphatic heterocycles. The fourth-order valence-corrected chi connectivity index (χ4v) is 4.24. The quantitative estimate of drug-likeness (QED) is 0.110. The van der Waals surface area contributed by atoms with Crippen LogP contribution < -0.4 is 0 Å². The van der Waals surface area contributed by atoms with E-state index in [1.165, 1.54) is 89.9 Å². The van der Waals surface area contributed by atoms with Gasteiger partial charge in [-0.25, -0.2) is 0 Å². The summed E-state index contributed by atoms with van der Waals surface area (Å²) in [4.78, 5) is 22.8. The van der Waals surface area contributed by atoms with Crippen molar-refractivity contribution in [2.75, 3.05) is 0 Å². The molecular formula is C28H54O4. The van der Waals surface area contributed by atoms with E-state index >= 15 is 0 Å². The third kappa shape index (κ3) is 23.6. The number of carboxylic acid groups (broad SMARTS) is 1. The maximum Gasteiger partial charge on any atom is 0.306 e. The Morgan fingerprint density at radius 2 is 0.969 bits per heavy atom. The summed E-state index contributed by atoms with van der Waals surface area (Å²) < 4.78 is 5.63. The van der Waals surface area contributed by atoms with E-state index in [0.717, 1.165) is 32.1 Å². The molecule has 0 amide bonds. The van der Waals surface area contributed by atoms with Gasteiger partial charge in [-0.2, -0.15) is 0 Å². The summed E-state index contributed by atoms with van der Waals surface area (Å²) in [6.45, 7) is 4.39. The van der Waals surface area contributed by atoms with Gasteiger partial charge in [0, 0.05) is 12.8 Å². The van der Waals surface area contributed by atoms with Crippen LogP contribution in [0.5, 0.6) is 0 Å². The van der Waals surface area contributed by atoms with Gasteiger partial charge in [0.2, 0.25) is 0 Å². The standard InChI is InChI=1S/C28H54O4/c1-3-5-7-8-9-10-11-12-13-14-15-16-17-18-19-20-25-28(31)32-26(22-6-4-2)23-21-24-27(29)30/h26H,3-25H2,1-2H3,(H,29,30). The number of unbranched alkanes of at least 4 members (excludes halogenated alkanes) is 16. The van der Waals surface area contributed by atoms with Crippen molar-refractivity contribution in [3.63, 3.8) is 0 Å². The smallest absolute Gasteiger partial charge is 0.306 e. The van der Waals surface area contributed by atoms with E-state index in [1.54, 1.807) is 0 Å². The van der Waals surface area contributed by atoms with E-state index in [1.807, 2.05) is 0 Å². The first-order chi connectivity index (χ1) is 15.6. The second-order valence-electron chi connectivity index (χ2n) is 9.59. The zero-order chi connectivity index (χ0) is 23.7. The average molecular weight is 455 g/mol. The van der Waals surface area contributed by atoms with Crippen LogP contribution in [0.25, 0.3) is 0 Å². The zero-order valence-corrected chi connectivity index (χ0v) is 21.5. The molecule has 1 unspecified atom stereocenters. The Morgan fingerprint density at radius 1 is 0.562 bits per heavy atom. The summed E-state index contributed by atoms with van der Waals surface area (Å²) in [6, 6.07) is 0. The van der Waals surface area contributed by atoms with E-state index in [4.69, 9.17) is 9.84 Å². The van der Waals surface area contributed by atoms with Crippen molar-refractivity contribution < 1.29 is 19.4 Å². The molecule has 0 aliphatic carbocycles. The molecule has 4 heteroatoms. The number of carboxylic acids is 1. The largest absolute Gasteiger partial charge is 0.481 e. The number of esters is 1. The van der Waals surface area contributed by atoms with Crippen molar-refractivity contribution in [3.8, 4) is 0 Å². The summed E-state index contributed by atoms with van der Waals surface area (Å²) >= 11 is 0. The summed E-state index contributed by atoms with van der Waals surface area (Å²) in [5.74, 6) is -0.884. The third-order valence-corrected chi connectivity index (χ3v) is 6.33. The van der Waals surface area contributed by atoms with E-state index in [9.17, 15) is 9.59 Å². The maximum atomic E-state index is 12.1. The van der Waals surface area contributed by atoms with Gasteiger partial charge in [0.05, 0.1) is 0 Å². The first kappa shape index (κ1) is 30.9. The SMILES string of the molecule is CCCCCCCCCCCCCCCCCCC(=O)OC(CCCC)CCCC(=O)O. The van der Waals surface area contributed by atoms with Crippen molar-refractivity contribution in [3.05, 3.63) is 0 Å². The van der Waals surface area contributed by atoms with Crippen LogP contribution in [-0.2, 0) is 14.3 Å². The molecule has 1 atom stereocenters. The molecule has 0 bridgehead atoms. The lowest BCUT2D eigenvalue weighted by molar-refractivity contribution is -0.150. The van der Waals surface area contributed by atoms with Crippen molar-refractivity contribution in [1.82, 2.24) is 0 Å². The zero-order valence-electron chi connectivity index (χ0n) is 21.5. The summed E-state index contributed by atoms with van der Waals surface area (Å²) in [5, 5.41) is 8.79. The lowest BCUT2D eigenvalue weighted by Gasteiger charge is -2.17. The molecule has 0 saturated carbocycles. The summed E-state index contributed by atoms with van der Waals surface area (Å²) in [6.07, 6.45) is 25.9. The summed E-state index contributed by atoms with van der Waals surface area (Å²) in [7, 11) is 0. The molecule has 0 saturated heterocycles. The van der Waals surface area contributed by atoms with Crippen LogP contribution in [0, 0.1) is 0 Å². The Labute approximate surface area is 199 Å².